The van der Waals surface area contributed by atoms with E-state index in [-0.39, 0.29) is 26.1 Å². The quantitative estimate of drug-likeness (QED) is 0.848. The molecule has 0 atom stereocenters. The summed E-state index contributed by atoms with van der Waals surface area (Å²) in [5.74, 6) is -1.81. The van der Waals surface area contributed by atoms with Crippen LogP contribution < -0.4 is 0 Å². The summed E-state index contributed by atoms with van der Waals surface area (Å²) in [6.07, 6.45) is -4.36. The first-order valence-corrected chi connectivity index (χ1v) is 6.08. The van der Waals surface area contributed by atoms with Gasteiger partial charge in [0.05, 0.1) is 11.1 Å². The molecule has 0 aliphatic heterocycles. The lowest BCUT2D eigenvalue weighted by molar-refractivity contribution is -0.137. The first-order valence-electron chi connectivity index (χ1n) is 6.08. The first-order chi connectivity index (χ1) is 9.31. The topological polar surface area (TPSA) is 40.5 Å². The summed E-state index contributed by atoms with van der Waals surface area (Å²) in [7, 11) is 0. The third-order valence-electron chi connectivity index (χ3n) is 2.78. The fourth-order valence-electron chi connectivity index (χ4n) is 1.70. The second kappa shape index (κ2) is 6.69. The van der Waals surface area contributed by atoms with E-state index in [4.69, 9.17) is 5.11 Å². The molecule has 0 aromatic heterocycles. The summed E-state index contributed by atoms with van der Waals surface area (Å²) in [5.41, 5.74) is -1.68. The van der Waals surface area contributed by atoms with Crippen LogP contribution in [-0.4, -0.2) is 35.6 Å². The Morgan fingerprint density at radius 1 is 1.35 bits per heavy atom. The average Bonchev–Trinajstić information content (AvgIpc) is 2.38. The zero-order chi connectivity index (χ0) is 15.3. The average molecular weight is 293 g/mol. The lowest BCUT2D eigenvalue weighted by atomic mass is 10.1. The molecule has 0 aliphatic rings. The summed E-state index contributed by atoms with van der Waals surface area (Å²) in [6.45, 7) is 1.84. The molecule has 1 aromatic carbocycles. The molecule has 1 rings (SSSR count). The molecule has 20 heavy (non-hydrogen) atoms. The maximum Gasteiger partial charge on any atom is 0.416 e. The monoisotopic (exact) mass is 293 g/mol. The molecule has 7 heteroatoms. The Morgan fingerprint density at radius 3 is 2.50 bits per heavy atom. The van der Waals surface area contributed by atoms with E-state index in [0.717, 1.165) is 0 Å². The van der Waals surface area contributed by atoms with Gasteiger partial charge in [0.15, 0.2) is 0 Å². The molecular weight excluding hydrogens is 278 g/mol. The minimum absolute atomic E-state index is 0.154. The molecule has 0 heterocycles. The summed E-state index contributed by atoms with van der Waals surface area (Å²) in [6, 6.07) is 1.74. The van der Waals surface area contributed by atoms with E-state index in [1.165, 1.54) is 4.90 Å². The summed E-state index contributed by atoms with van der Waals surface area (Å²) in [4.78, 5) is 13.2. The van der Waals surface area contributed by atoms with Crippen LogP contribution in [0.15, 0.2) is 18.2 Å². The van der Waals surface area contributed by atoms with E-state index in [1.54, 1.807) is 6.92 Å². The number of aliphatic hydroxyl groups is 1. The van der Waals surface area contributed by atoms with Crippen LogP contribution in [-0.2, 0) is 6.18 Å². The normalized spacial score (nSPS) is 11.5. The minimum atomic E-state index is -4.63. The van der Waals surface area contributed by atoms with Crippen LogP contribution in [0.2, 0.25) is 0 Å². The van der Waals surface area contributed by atoms with Gasteiger partial charge in [-0.2, -0.15) is 13.2 Å². The number of alkyl halides is 3. The molecule has 112 valence electrons. The molecule has 3 nitrogen and oxygen atoms in total. The zero-order valence-corrected chi connectivity index (χ0v) is 10.9. The Labute approximate surface area is 113 Å². The summed E-state index contributed by atoms with van der Waals surface area (Å²) < 4.78 is 51.3. The van der Waals surface area contributed by atoms with Crippen molar-refractivity contribution in [1.82, 2.24) is 4.90 Å². The number of nitrogens with zero attached hydrogens (tertiary/aromatic N) is 1. The van der Waals surface area contributed by atoms with Crippen molar-refractivity contribution in [1.29, 1.82) is 0 Å². The lowest BCUT2D eigenvalue weighted by Gasteiger charge is -2.21. The van der Waals surface area contributed by atoms with Crippen LogP contribution in [0.1, 0.15) is 29.3 Å². The van der Waals surface area contributed by atoms with E-state index in [9.17, 15) is 22.4 Å². The highest BCUT2D eigenvalue weighted by Gasteiger charge is 2.32. The van der Waals surface area contributed by atoms with Crippen molar-refractivity contribution in [2.24, 2.45) is 0 Å². The van der Waals surface area contributed by atoms with Crippen LogP contribution in [0.3, 0.4) is 0 Å². The molecular formula is C13H15F4NO2. The van der Waals surface area contributed by atoms with Crippen LogP contribution >= 0.6 is 0 Å². The van der Waals surface area contributed by atoms with Gasteiger partial charge in [-0.1, -0.05) is 0 Å². The number of carbonyl (C=O) groups excluding carboxylic acids is 1. The van der Waals surface area contributed by atoms with E-state index >= 15 is 0 Å². The lowest BCUT2D eigenvalue weighted by Crippen LogP contribution is -2.33. The Kier molecular flexibility index (Phi) is 5.50. The van der Waals surface area contributed by atoms with Gasteiger partial charge in [-0.05, 0) is 31.5 Å². The molecule has 0 aliphatic carbocycles. The predicted octanol–water partition coefficient (Wildman–Crippen LogP) is 2.69. The maximum absolute atomic E-state index is 13.6. The third kappa shape index (κ3) is 3.93. The van der Waals surface area contributed by atoms with Crippen molar-refractivity contribution in [2.45, 2.75) is 19.5 Å². The van der Waals surface area contributed by atoms with Crippen molar-refractivity contribution in [3.8, 4) is 0 Å². The van der Waals surface area contributed by atoms with Gasteiger partial charge in [-0.3, -0.25) is 4.79 Å². The SMILES string of the molecule is CCN(CCCO)C(=O)c1cc(C(F)(F)F)ccc1F. The molecule has 0 spiro atoms. The van der Waals surface area contributed by atoms with Gasteiger partial charge in [0.1, 0.15) is 5.82 Å². The molecule has 0 bridgehead atoms. The van der Waals surface area contributed by atoms with Gasteiger partial charge >= 0.3 is 6.18 Å². The van der Waals surface area contributed by atoms with Gasteiger partial charge in [0.25, 0.3) is 5.91 Å². The van der Waals surface area contributed by atoms with E-state index in [0.29, 0.717) is 18.2 Å². The van der Waals surface area contributed by atoms with E-state index in [2.05, 4.69) is 0 Å². The highest BCUT2D eigenvalue weighted by Crippen LogP contribution is 2.30. The summed E-state index contributed by atoms with van der Waals surface area (Å²) in [5, 5.41) is 8.71. The van der Waals surface area contributed by atoms with Crippen LogP contribution in [0.4, 0.5) is 17.6 Å². The third-order valence-corrected chi connectivity index (χ3v) is 2.78. The van der Waals surface area contributed by atoms with Crippen LogP contribution in [0.5, 0.6) is 0 Å². The number of halogens is 4. The predicted molar refractivity (Wildman–Crippen MR) is 64.7 cm³/mol. The highest BCUT2D eigenvalue weighted by atomic mass is 19.4. The van der Waals surface area contributed by atoms with E-state index in [1.807, 2.05) is 0 Å². The van der Waals surface area contributed by atoms with Crippen molar-refractivity contribution in [3.05, 3.63) is 35.1 Å². The number of amides is 1. The van der Waals surface area contributed by atoms with Crippen molar-refractivity contribution in [3.63, 3.8) is 0 Å². The first kappa shape index (κ1) is 16.4. The smallest absolute Gasteiger partial charge is 0.396 e. The molecule has 0 saturated heterocycles. The number of hydrogen-bond donors (Lipinski definition) is 1. The van der Waals surface area contributed by atoms with E-state index < -0.39 is 29.0 Å². The molecule has 1 aromatic rings. The number of hydrogen-bond acceptors (Lipinski definition) is 2. The Morgan fingerprint density at radius 2 is 2.00 bits per heavy atom. The fourth-order valence-corrected chi connectivity index (χ4v) is 1.70. The zero-order valence-electron chi connectivity index (χ0n) is 10.9. The Hall–Kier alpha value is -1.63. The second-order valence-electron chi connectivity index (χ2n) is 4.15. The number of aliphatic hydroxyl groups excluding tert-OH is 1. The Balaban J connectivity index is 3.07. The molecule has 0 radical (unpaired) electrons. The standard InChI is InChI=1S/C13H15F4NO2/c1-2-18(6-3-7-19)12(20)10-8-9(13(15,16)17)4-5-11(10)14/h4-5,8,19H,2-3,6-7H2,1H3. The molecule has 0 fully saturated rings. The Bertz CT molecular complexity index is 474. The number of benzene rings is 1. The van der Waals surface area contributed by atoms with Gasteiger partial charge in [-0.25, -0.2) is 4.39 Å². The van der Waals surface area contributed by atoms with Gasteiger partial charge in [0.2, 0.25) is 0 Å². The minimum Gasteiger partial charge on any atom is -0.396 e. The maximum atomic E-state index is 13.6. The fraction of sp³-hybridized carbons (Fsp3) is 0.462. The second-order valence-corrected chi connectivity index (χ2v) is 4.15. The molecule has 0 unspecified atom stereocenters. The van der Waals surface area contributed by atoms with Crippen LogP contribution in [0.25, 0.3) is 0 Å². The summed E-state index contributed by atoms with van der Waals surface area (Å²) >= 11 is 0. The number of rotatable bonds is 5. The largest absolute Gasteiger partial charge is 0.416 e. The van der Waals surface area contributed by atoms with Gasteiger partial charge in [0, 0.05) is 19.7 Å². The molecule has 1 amide bonds. The van der Waals surface area contributed by atoms with Crippen molar-refractivity contribution >= 4 is 5.91 Å². The van der Waals surface area contributed by atoms with Crippen molar-refractivity contribution in [2.75, 3.05) is 19.7 Å². The van der Waals surface area contributed by atoms with Crippen molar-refractivity contribution < 1.29 is 27.5 Å². The van der Waals surface area contributed by atoms with Crippen LogP contribution in [0, 0.1) is 5.82 Å². The highest BCUT2D eigenvalue weighted by molar-refractivity contribution is 5.94. The number of carbonyl (C=O) groups is 1. The van der Waals surface area contributed by atoms with Gasteiger partial charge < -0.3 is 10.0 Å². The molecule has 1 N–H and O–H groups in total. The molecule has 0 saturated carbocycles. The van der Waals surface area contributed by atoms with Gasteiger partial charge in [-0.15, -0.1) is 0 Å².